The zero-order valence-corrected chi connectivity index (χ0v) is 15.6. The van der Waals surface area contributed by atoms with Gasteiger partial charge in [-0.2, -0.15) is 0 Å². The van der Waals surface area contributed by atoms with Gasteiger partial charge < -0.3 is 19.8 Å². The number of carboxylic acid groups (broad SMARTS) is 1. The monoisotopic (exact) mass is 356 g/mol. The van der Waals surface area contributed by atoms with Crippen LogP contribution in [0.15, 0.2) is 0 Å². The van der Waals surface area contributed by atoms with Gasteiger partial charge in [0, 0.05) is 6.04 Å². The molecule has 142 valence electrons. The van der Waals surface area contributed by atoms with Gasteiger partial charge in [-0.05, 0) is 54.4 Å². The van der Waals surface area contributed by atoms with Crippen molar-refractivity contribution in [1.29, 1.82) is 0 Å². The molecule has 0 aliphatic carbocycles. The minimum Gasteiger partial charge on any atom is -0.480 e. The molecule has 2 amide bonds. The normalized spacial score (nSPS) is 31.7. The minimum absolute atomic E-state index is 0.182. The number of aliphatic hydroxyl groups is 1. The highest BCUT2D eigenvalue weighted by Gasteiger charge is 2.69. The third-order valence-corrected chi connectivity index (χ3v) is 5.13. The number of nitrogens with zero attached hydrogens (tertiary/aromatic N) is 2. The standard InChI is InChI=1S/C17H28N2O6/c1-9-7-8-17(19(9)15(24)25-16(4,5)6)11(3)18(14(17)23)12(10(2)20)13(21)22/h9-12,20H,7-8H2,1-6H3,(H,21,22)/t9?,10-,11?,12+,17-/m1/s1. The summed E-state index contributed by atoms with van der Waals surface area (Å²) in [6, 6.07) is -2.03. The van der Waals surface area contributed by atoms with Crippen LogP contribution in [0.2, 0.25) is 0 Å². The third-order valence-electron chi connectivity index (χ3n) is 5.13. The van der Waals surface area contributed by atoms with Gasteiger partial charge >= 0.3 is 12.1 Å². The van der Waals surface area contributed by atoms with Crippen molar-refractivity contribution in [3.63, 3.8) is 0 Å². The van der Waals surface area contributed by atoms with Crippen molar-refractivity contribution in [3.8, 4) is 0 Å². The van der Waals surface area contributed by atoms with Crippen LogP contribution in [0, 0.1) is 0 Å². The van der Waals surface area contributed by atoms with Crippen LogP contribution in [0.25, 0.3) is 0 Å². The Hall–Kier alpha value is -1.83. The Labute approximate surface area is 147 Å². The van der Waals surface area contributed by atoms with Gasteiger partial charge in [0.25, 0.3) is 5.91 Å². The molecular formula is C17H28N2O6. The molecule has 0 saturated carbocycles. The highest BCUT2D eigenvalue weighted by atomic mass is 16.6. The Morgan fingerprint density at radius 3 is 2.28 bits per heavy atom. The van der Waals surface area contributed by atoms with Crippen LogP contribution in [0.1, 0.15) is 54.4 Å². The summed E-state index contributed by atoms with van der Waals surface area (Å²) in [6.45, 7) is 10.2. The van der Waals surface area contributed by atoms with E-state index in [1.807, 2.05) is 6.92 Å². The maximum atomic E-state index is 13.0. The van der Waals surface area contributed by atoms with E-state index in [0.29, 0.717) is 12.8 Å². The quantitative estimate of drug-likeness (QED) is 0.736. The fourth-order valence-corrected chi connectivity index (χ4v) is 4.01. The van der Waals surface area contributed by atoms with E-state index in [1.165, 1.54) is 16.7 Å². The number of aliphatic hydroxyl groups excluding tert-OH is 1. The second-order valence-electron chi connectivity index (χ2n) is 8.07. The highest BCUT2D eigenvalue weighted by Crippen LogP contribution is 2.48. The Balaban J connectivity index is 2.33. The van der Waals surface area contributed by atoms with Crippen molar-refractivity contribution in [2.75, 3.05) is 0 Å². The van der Waals surface area contributed by atoms with E-state index in [-0.39, 0.29) is 6.04 Å². The average Bonchev–Trinajstić information content (AvgIpc) is 2.81. The topological polar surface area (TPSA) is 107 Å². The van der Waals surface area contributed by atoms with Gasteiger partial charge in [-0.15, -0.1) is 0 Å². The Kier molecular flexibility index (Phi) is 4.80. The first kappa shape index (κ1) is 19.5. The van der Waals surface area contributed by atoms with Crippen LogP contribution in [-0.2, 0) is 14.3 Å². The number of carboxylic acids is 1. The zero-order chi connectivity index (χ0) is 19.3. The van der Waals surface area contributed by atoms with E-state index >= 15 is 0 Å². The number of amides is 2. The summed E-state index contributed by atoms with van der Waals surface area (Å²) in [5, 5.41) is 19.2. The second-order valence-corrected chi connectivity index (χ2v) is 8.07. The van der Waals surface area contributed by atoms with Gasteiger partial charge in [0.05, 0.1) is 12.1 Å². The lowest BCUT2D eigenvalue weighted by Gasteiger charge is -2.58. The van der Waals surface area contributed by atoms with Crippen LogP contribution in [-0.4, -0.2) is 73.4 Å². The van der Waals surface area contributed by atoms with Crippen LogP contribution < -0.4 is 0 Å². The van der Waals surface area contributed by atoms with Crippen LogP contribution >= 0.6 is 0 Å². The molecule has 2 heterocycles. The van der Waals surface area contributed by atoms with Gasteiger partial charge in [-0.25, -0.2) is 9.59 Å². The maximum Gasteiger partial charge on any atom is 0.411 e. The lowest BCUT2D eigenvalue weighted by Crippen LogP contribution is -2.81. The molecule has 2 unspecified atom stereocenters. The van der Waals surface area contributed by atoms with Crippen LogP contribution in [0.5, 0.6) is 0 Å². The maximum absolute atomic E-state index is 13.0. The molecule has 2 aliphatic rings. The summed E-state index contributed by atoms with van der Waals surface area (Å²) in [4.78, 5) is 39.8. The van der Waals surface area contributed by atoms with E-state index in [0.717, 1.165) is 0 Å². The van der Waals surface area contributed by atoms with Crippen molar-refractivity contribution < 1.29 is 29.3 Å². The molecule has 2 aliphatic heterocycles. The van der Waals surface area contributed by atoms with Gasteiger partial charge in [-0.1, -0.05) is 0 Å². The number of hydrogen-bond donors (Lipinski definition) is 2. The van der Waals surface area contributed by atoms with Gasteiger partial charge in [-0.3, -0.25) is 9.69 Å². The SMILES string of the molecule is CC1CC[C@@]2(C(=O)N([C@H](C(=O)O)[C@@H](C)O)C2C)N1C(=O)OC(C)(C)C. The second kappa shape index (κ2) is 6.16. The Morgan fingerprint density at radius 1 is 1.32 bits per heavy atom. The molecule has 2 rings (SSSR count). The lowest BCUT2D eigenvalue weighted by molar-refractivity contribution is -0.188. The Morgan fingerprint density at radius 2 is 1.88 bits per heavy atom. The molecule has 0 radical (unpaired) electrons. The number of aliphatic carboxylic acids is 1. The van der Waals surface area contributed by atoms with Crippen LogP contribution in [0.3, 0.4) is 0 Å². The summed E-state index contributed by atoms with van der Waals surface area (Å²) in [7, 11) is 0. The van der Waals surface area contributed by atoms with Gasteiger partial charge in [0.1, 0.15) is 11.1 Å². The number of ether oxygens (including phenoxy) is 1. The van der Waals surface area contributed by atoms with E-state index in [1.54, 1.807) is 27.7 Å². The number of carbonyl (C=O) groups is 3. The van der Waals surface area contributed by atoms with E-state index in [2.05, 4.69) is 0 Å². The molecule has 2 saturated heterocycles. The molecule has 2 fully saturated rings. The number of likely N-dealkylation sites (tertiary alicyclic amines) is 2. The Bertz CT molecular complexity index is 584. The highest BCUT2D eigenvalue weighted by molar-refractivity contribution is 6.00. The van der Waals surface area contributed by atoms with Crippen molar-refractivity contribution >= 4 is 18.0 Å². The van der Waals surface area contributed by atoms with Gasteiger partial charge in [0.15, 0.2) is 6.04 Å². The zero-order valence-electron chi connectivity index (χ0n) is 15.6. The first-order valence-electron chi connectivity index (χ1n) is 8.60. The molecular weight excluding hydrogens is 328 g/mol. The average molecular weight is 356 g/mol. The molecule has 25 heavy (non-hydrogen) atoms. The lowest BCUT2D eigenvalue weighted by atomic mass is 9.75. The van der Waals surface area contributed by atoms with Crippen molar-refractivity contribution in [2.45, 2.75) is 89.8 Å². The van der Waals surface area contributed by atoms with E-state index in [4.69, 9.17) is 4.74 Å². The summed E-state index contributed by atoms with van der Waals surface area (Å²) in [5.41, 5.74) is -1.79. The van der Waals surface area contributed by atoms with Crippen LogP contribution in [0.4, 0.5) is 4.79 Å². The predicted molar refractivity (Wildman–Crippen MR) is 88.9 cm³/mol. The first-order chi connectivity index (χ1) is 11.3. The van der Waals surface area contributed by atoms with Crippen molar-refractivity contribution in [3.05, 3.63) is 0 Å². The largest absolute Gasteiger partial charge is 0.480 e. The molecule has 5 atom stereocenters. The number of hydrogen-bond acceptors (Lipinski definition) is 5. The van der Waals surface area contributed by atoms with Crippen molar-refractivity contribution in [1.82, 2.24) is 9.80 Å². The third kappa shape index (κ3) is 2.96. The molecule has 0 aromatic heterocycles. The minimum atomic E-state index is -1.33. The summed E-state index contributed by atoms with van der Waals surface area (Å²) in [6.07, 6.45) is -0.692. The van der Waals surface area contributed by atoms with Crippen molar-refractivity contribution in [2.24, 2.45) is 0 Å². The van der Waals surface area contributed by atoms with E-state index in [9.17, 15) is 24.6 Å². The molecule has 0 aromatic rings. The molecule has 8 nitrogen and oxygen atoms in total. The number of carbonyl (C=O) groups excluding carboxylic acids is 2. The smallest absolute Gasteiger partial charge is 0.411 e. The first-order valence-corrected chi connectivity index (χ1v) is 8.60. The molecule has 0 aromatic carbocycles. The number of rotatable bonds is 3. The predicted octanol–water partition coefficient (Wildman–Crippen LogP) is 1.21. The fourth-order valence-electron chi connectivity index (χ4n) is 4.01. The molecule has 0 bridgehead atoms. The molecule has 1 spiro atoms. The number of β-lactam (4-membered cyclic amide) rings is 1. The summed E-state index contributed by atoms with van der Waals surface area (Å²) in [5.74, 6) is -1.71. The van der Waals surface area contributed by atoms with E-state index < -0.39 is 47.3 Å². The molecule has 8 heteroatoms. The molecule has 2 N–H and O–H groups in total. The van der Waals surface area contributed by atoms with Gasteiger partial charge in [0.2, 0.25) is 0 Å². The fraction of sp³-hybridized carbons (Fsp3) is 0.824. The summed E-state index contributed by atoms with van der Waals surface area (Å²) < 4.78 is 5.46. The summed E-state index contributed by atoms with van der Waals surface area (Å²) >= 11 is 0.